The van der Waals surface area contributed by atoms with Gasteiger partial charge in [-0.1, -0.05) is 25.5 Å². The minimum absolute atomic E-state index is 0.249. The minimum Gasteiger partial charge on any atom is -0.358 e. The molecule has 0 radical (unpaired) electrons. The fourth-order valence-corrected chi connectivity index (χ4v) is 2.08. The predicted molar refractivity (Wildman–Crippen MR) is 89.3 cm³/mol. The van der Waals surface area contributed by atoms with Gasteiger partial charge in [0.1, 0.15) is 0 Å². The molecule has 5 heteroatoms. The molecule has 0 saturated heterocycles. The maximum Gasteiger partial charge on any atom is 0.276 e. The summed E-state index contributed by atoms with van der Waals surface area (Å²) in [5.74, 6) is 0.529. The van der Waals surface area contributed by atoms with Gasteiger partial charge in [0, 0.05) is 19.3 Å². The van der Waals surface area contributed by atoms with E-state index in [0.29, 0.717) is 5.69 Å². The molecule has 0 bridgehead atoms. The van der Waals surface area contributed by atoms with Gasteiger partial charge < -0.3 is 10.2 Å². The first-order chi connectivity index (χ1) is 10.6. The highest BCUT2D eigenvalue weighted by molar-refractivity contribution is 6.02. The van der Waals surface area contributed by atoms with E-state index >= 15 is 0 Å². The molecule has 0 fully saturated rings. The van der Waals surface area contributed by atoms with Crippen molar-refractivity contribution in [2.75, 3.05) is 23.8 Å². The highest BCUT2D eigenvalue weighted by atomic mass is 16.1. The molecule has 0 saturated carbocycles. The number of carbonyl (C=O) groups excluding carboxylic acids is 1. The van der Waals surface area contributed by atoms with Crippen molar-refractivity contribution < 1.29 is 4.79 Å². The molecule has 0 atom stereocenters. The lowest BCUT2D eigenvalue weighted by Crippen LogP contribution is -2.21. The van der Waals surface area contributed by atoms with Crippen molar-refractivity contribution in [1.82, 2.24) is 10.2 Å². The lowest BCUT2D eigenvalue weighted by atomic mass is 10.2. The fourth-order valence-electron chi connectivity index (χ4n) is 2.08. The number of benzene rings is 1. The fraction of sp³-hybridized carbons (Fsp3) is 0.353. The number of amides is 1. The van der Waals surface area contributed by atoms with Gasteiger partial charge in [-0.25, -0.2) is 0 Å². The lowest BCUT2D eigenvalue weighted by molar-refractivity contribution is 0.102. The molecule has 1 aromatic carbocycles. The first kappa shape index (κ1) is 15.9. The summed E-state index contributed by atoms with van der Waals surface area (Å²) in [6, 6.07) is 11.2. The van der Waals surface area contributed by atoms with Crippen LogP contribution in [-0.4, -0.2) is 29.7 Å². The predicted octanol–water partition coefficient (Wildman–Crippen LogP) is 3.27. The van der Waals surface area contributed by atoms with E-state index in [-0.39, 0.29) is 5.91 Å². The molecular weight excluding hydrogens is 276 g/mol. The summed E-state index contributed by atoms with van der Waals surface area (Å²) in [6.07, 6.45) is 2.24. The summed E-state index contributed by atoms with van der Waals surface area (Å²) < 4.78 is 0. The van der Waals surface area contributed by atoms with E-state index in [2.05, 4.69) is 22.4 Å². The van der Waals surface area contributed by atoms with Gasteiger partial charge in [-0.15, -0.1) is 10.2 Å². The van der Waals surface area contributed by atoms with Crippen LogP contribution in [0.15, 0.2) is 36.4 Å². The number of nitrogens with one attached hydrogen (secondary N) is 1. The normalized spacial score (nSPS) is 10.3. The Bertz CT molecular complexity index is 625. The van der Waals surface area contributed by atoms with Crippen LogP contribution in [-0.2, 0) is 0 Å². The van der Waals surface area contributed by atoms with E-state index in [9.17, 15) is 4.79 Å². The Morgan fingerprint density at radius 1 is 1.23 bits per heavy atom. The van der Waals surface area contributed by atoms with Crippen molar-refractivity contribution in [3.63, 3.8) is 0 Å². The summed E-state index contributed by atoms with van der Waals surface area (Å²) in [5, 5.41) is 11.0. The van der Waals surface area contributed by atoms with Crippen molar-refractivity contribution in [3.05, 3.63) is 47.7 Å². The van der Waals surface area contributed by atoms with Gasteiger partial charge in [-0.05, 0) is 43.2 Å². The van der Waals surface area contributed by atoms with Crippen LogP contribution in [0.2, 0.25) is 0 Å². The van der Waals surface area contributed by atoms with Gasteiger partial charge >= 0.3 is 0 Å². The average Bonchev–Trinajstić information content (AvgIpc) is 2.52. The molecule has 5 nitrogen and oxygen atoms in total. The Morgan fingerprint density at radius 2 is 2.05 bits per heavy atom. The molecular formula is C17H22N4O. The van der Waals surface area contributed by atoms with Crippen LogP contribution in [0.4, 0.5) is 11.5 Å². The first-order valence-electron chi connectivity index (χ1n) is 7.53. The SMILES string of the molecule is CCCCN(C)c1ccc(C(=O)Nc2cccc(C)c2)nn1. The van der Waals surface area contributed by atoms with Crippen LogP contribution in [0.5, 0.6) is 0 Å². The highest BCUT2D eigenvalue weighted by Gasteiger charge is 2.10. The van der Waals surface area contributed by atoms with E-state index in [1.807, 2.05) is 49.2 Å². The van der Waals surface area contributed by atoms with Crippen molar-refractivity contribution in [2.24, 2.45) is 0 Å². The number of anilines is 2. The molecule has 2 aromatic rings. The van der Waals surface area contributed by atoms with E-state index in [0.717, 1.165) is 36.5 Å². The molecule has 1 amide bonds. The number of unbranched alkanes of at least 4 members (excludes halogenated alkanes) is 1. The molecule has 22 heavy (non-hydrogen) atoms. The smallest absolute Gasteiger partial charge is 0.276 e. The third-order valence-corrected chi connectivity index (χ3v) is 3.40. The van der Waals surface area contributed by atoms with E-state index in [1.54, 1.807) is 6.07 Å². The molecule has 2 rings (SSSR count). The van der Waals surface area contributed by atoms with Gasteiger partial charge in [0.2, 0.25) is 0 Å². The minimum atomic E-state index is -0.249. The maximum absolute atomic E-state index is 12.2. The van der Waals surface area contributed by atoms with E-state index in [1.165, 1.54) is 0 Å². The summed E-state index contributed by atoms with van der Waals surface area (Å²) in [5.41, 5.74) is 2.17. The Kier molecular flexibility index (Phi) is 5.47. The Morgan fingerprint density at radius 3 is 2.68 bits per heavy atom. The van der Waals surface area contributed by atoms with Crippen LogP contribution in [0, 0.1) is 6.92 Å². The van der Waals surface area contributed by atoms with Crippen molar-refractivity contribution in [2.45, 2.75) is 26.7 Å². The quantitative estimate of drug-likeness (QED) is 0.889. The Balaban J connectivity index is 2.02. The van der Waals surface area contributed by atoms with Gasteiger partial charge in [-0.3, -0.25) is 4.79 Å². The molecule has 116 valence electrons. The Labute approximate surface area is 131 Å². The second kappa shape index (κ2) is 7.54. The molecule has 1 aromatic heterocycles. The maximum atomic E-state index is 12.2. The van der Waals surface area contributed by atoms with Gasteiger partial charge in [0.05, 0.1) is 0 Å². The standard InChI is InChI=1S/C17H22N4O/c1-4-5-11-21(3)16-10-9-15(19-20-16)17(22)18-14-8-6-7-13(2)12-14/h6-10,12H,4-5,11H2,1-3H3,(H,18,22). The zero-order chi connectivity index (χ0) is 15.9. The van der Waals surface area contributed by atoms with Gasteiger partial charge in [0.25, 0.3) is 5.91 Å². The number of nitrogens with zero attached hydrogens (tertiary/aromatic N) is 3. The molecule has 1 heterocycles. The Hall–Kier alpha value is -2.43. The number of aromatic nitrogens is 2. The van der Waals surface area contributed by atoms with Crippen molar-refractivity contribution in [3.8, 4) is 0 Å². The molecule has 0 aliphatic heterocycles. The molecule has 0 aliphatic rings. The topological polar surface area (TPSA) is 58.1 Å². The van der Waals surface area contributed by atoms with Crippen molar-refractivity contribution in [1.29, 1.82) is 0 Å². The number of hydrogen-bond acceptors (Lipinski definition) is 4. The number of aryl methyl sites for hydroxylation is 1. The van der Waals surface area contributed by atoms with E-state index < -0.39 is 0 Å². The molecule has 1 N–H and O–H groups in total. The molecule has 0 aliphatic carbocycles. The third-order valence-electron chi connectivity index (χ3n) is 3.40. The van der Waals surface area contributed by atoms with Gasteiger partial charge in [0.15, 0.2) is 11.5 Å². The number of rotatable bonds is 6. The summed E-state index contributed by atoms with van der Waals surface area (Å²) in [4.78, 5) is 14.2. The lowest BCUT2D eigenvalue weighted by Gasteiger charge is -2.16. The summed E-state index contributed by atoms with van der Waals surface area (Å²) in [7, 11) is 1.98. The monoisotopic (exact) mass is 298 g/mol. The van der Waals surface area contributed by atoms with Crippen LogP contribution >= 0.6 is 0 Å². The zero-order valence-electron chi connectivity index (χ0n) is 13.3. The highest BCUT2D eigenvalue weighted by Crippen LogP contribution is 2.12. The molecule has 0 spiro atoms. The number of hydrogen-bond donors (Lipinski definition) is 1. The van der Waals surface area contributed by atoms with Crippen molar-refractivity contribution >= 4 is 17.4 Å². The van der Waals surface area contributed by atoms with Crippen LogP contribution in [0.25, 0.3) is 0 Å². The second-order valence-corrected chi connectivity index (χ2v) is 5.38. The van der Waals surface area contributed by atoms with Crippen LogP contribution in [0.1, 0.15) is 35.8 Å². The van der Waals surface area contributed by atoms with Crippen LogP contribution < -0.4 is 10.2 Å². The first-order valence-corrected chi connectivity index (χ1v) is 7.53. The second-order valence-electron chi connectivity index (χ2n) is 5.38. The number of carbonyl (C=O) groups is 1. The largest absolute Gasteiger partial charge is 0.358 e. The van der Waals surface area contributed by atoms with E-state index in [4.69, 9.17) is 0 Å². The third kappa shape index (κ3) is 4.28. The molecule has 0 unspecified atom stereocenters. The zero-order valence-corrected chi connectivity index (χ0v) is 13.3. The average molecular weight is 298 g/mol. The van der Waals surface area contributed by atoms with Gasteiger partial charge in [-0.2, -0.15) is 0 Å². The summed E-state index contributed by atoms with van der Waals surface area (Å²) in [6.45, 7) is 5.06. The van der Waals surface area contributed by atoms with Crippen LogP contribution in [0.3, 0.4) is 0 Å². The summed E-state index contributed by atoms with van der Waals surface area (Å²) >= 11 is 0.